The van der Waals surface area contributed by atoms with Crippen molar-refractivity contribution in [3.8, 4) is 33.8 Å². The Balaban J connectivity index is 1.46. The number of nitrogens with zero attached hydrogens (tertiary/aromatic N) is 6. The molecule has 0 bridgehead atoms. The molecule has 1 aliphatic rings. The Labute approximate surface area is 208 Å². The summed E-state index contributed by atoms with van der Waals surface area (Å²) in [5, 5.41) is 13.2. The number of pyridine rings is 2. The summed E-state index contributed by atoms with van der Waals surface area (Å²) in [5.41, 5.74) is 15.3. The number of benzene rings is 2. The molecule has 0 spiro atoms. The topological polar surface area (TPSA) is 86.9 Å². The van der Waals surface area contributed by atoms with Gasteiger partial charge in [-0.2, -0.15) is 5.10 Å². The zero-order valence-corrected chi connectivity index (χ0v) is 20.0. The largest absolute Gasteiger partial charge is 0.321 e. The Morgan fingerprint density at radius 1 is 0.861 bits per heavy atom. The molecule has 176 valence electrons. The van der Waals surface area contributed by atoms with Gasteiger partial charge in [-0.3, -0.25) is 9.08 Å². The van der Waals surface area contributed by atoms with E-state index in [1.807, 2.05) is 37.6 Å². The molecule has 0 atom stereocenters. The lowest BCUT2D eigenvalue weighted by atomic mass is 9.72. The van der Waals surface area contributed by atoms with Crippen LogP contribution in [0.2, 0.25) is 0 Å². The summed E-state index contributed by atoms with van der Waals surface area (Å²) in [5.74, 6) is 0.746. The van der Waals surface area contributed by atoms with Crippen LogP contribution in [0.15, 0.2) is 85.2 Å². The van der Waals surface area contributed by atoms with E-state index in [0.29, 0.717) is 0 Å². The van der Waals surface area contributed by atoms with Gasteiger partial charge in [-0.15, -0.1) is 10.2 Å². The Morgan fingerprint density at radius 2 is 1.67 bits per heavy atom. The van der Waals surface area contributed by atoms with E-state index in [2.05, 4.69) is 74.3 Å². The first-order valence-corrected chi connectivity index (χ1v) is 12.2. The van der Waals surface area contributed by atoms with Crippen molar-refractivity contribution in [2.45, 2.75) is 24.8 Å². The molecule has 1 aliphatic carbocycles. The predicted molar refractivity (Wildman–Crippen MR) is 141 cm³/mol. The van der Waals surface area contributed by atoms with E-state index in [0.717, 1.165) is 63.3 Å². The molecule has 7 heteroatoms. The summed E-state index contributed by atoms with van der Waals surface area (Å²) in [4.78, 5) is 5.19. The third-order valence-electron chi connectivity index (χ3n) is 7.38. The fraction of sp³-hybridized carbons (Fsp3) is 0.172. The van der Waals surface area contributed by atoms with E-state index in [1.165, 1.54) is 12.0 Å². The van der Waals surface area contributed by atoms with Gasteiger partial charge in [0.25, 0.3) is 0 Å². The Morgan fingerprint density at radius 3 is 2.36 bits per heavy atom. The lowest BCUT2D eigenvalue weighted by molar-refractivity contribution is 0.253. The number of hydrogen-bond acceptors (Lipinski definition) is 5. The summed E-state index contributed by atoms with van der Waals surface area (Å²) in [6.07, 6.45) is 7.04. The average molecular weight is 472 g/mol. The normalized spacial score (nSPS) is 14.8. The highest BCUT2D eigenvalue weighted by atomic mass is 15.3. The average Bonchev–Trinajstić information content (AvgIpc) is 3.53. The minimum atomic E-state index is -0.180. The molecule has 4 heterocycles. The van der Waals surface area contributed by atoms with E-state index >= 15 is 0 Å². The highest BCUT2D eigenvalue weighted by Gasteiger charge is 2.34. The van der Waals surface area contributed by atoms with Gasteiger partial charge in [0.05, 0.1) is 28.5 Å². The molecule has 36 heavy (non-hydrogen) atoms. The Kier molecular flexibility index (Phi) is 4.56. The molecule has 0 amide bonds. The predicted octanol–water partition coefficient (Wildman–Crippen LogP) is 5.35. The SMILES string of the molecule is Cn1cc(-c2nnc3ccc4nc(-c5ccc(C6(N)CCC6)cc5)c(-c5ccccc5)cc4n23)cn1. The summed E-state index contributed by atoms with van der Waals surface area (Å²) >= 11 is 0. The van der Waals surface area contributed by atoms with Crippen LogP contribution in [0.3, 0.4) is 0 Å². The summed E-state index contributed by atoms with van der Waals surface area (Å²) in [6.45, 7) is 0. The van der Waals surface area contributed by atoms with Crippen molar-refractivity contribution in [1.29, 1.82) is 0 Å². The second-order valence-electron chi connectivity index (χ2n) is 9.70. The van der Waals surface area contributed by atoms with Crippen LogP contribution in [0.25, 0.3) is 50.5 Å². The quantitative estimate of drug-likeness (QED) is 0.375. The second-order valence-corrected chi connectivity index (χ2v) is 9.70. The fourth-order valence-electron chi connectivity index (χ4n) is 5.20. The highest BCUT2D eigenvalue weighted by molar-refractivity contribution is 5.92. The van der Waals surface area contributed by atoms with Crippen LogP contribution >= 0.6 is 0 Å². The Hall–Kier alpha value is -4.36. The molecule has 0 unspecified atom stereocenters. The van der Waals surface area contributed by atoms with E-state index in [1.54, 1.807) is 4.68 Å². The van der Waals surface area contributed by atoms with Gasteiger partial charge in [0, 0.05) is 29.9 Å². The van der Waals surface area contributed by atoms with Gasteiger partial charge in [0.15, 0.2) is 11.5 Å². The van der Waals surface area contributed by atoms with Gasteiger partial charge in [0.1, 0.15) is 0 Å². The van der Waals surface area contributed by atoms with Crippen molar-refractivity contribution in [1.82, 2.24) is 29.4 Å². The molecule has 0 radical (unpaired) electrons. The maximum atomic E-state index is 6.58. The van der Waals surface area contributed by atoms with Gasteiger partial charge in [-0.25, -0.2) is 4.98 Å². The van der Waals surface area contributed by atoms with Crippen LogP contribution in [-0.4, -0.2) is 29.4 Å². The molecular weight excluding hydrogens is 446 g/mol. The van der Waals surface area contributed by atoms with Crippen molar-refractivity contribution in [3.05, 3.63) is 90.8 Å². The first-order chi connectivity index (χ1) is 17.6. The summed E-state index contributed by atoms with van der Waals surface area (Å²) in [6, 6.07) is 25.2. The molecule has 2 aromatic carbocycles. The van der Waals surface area contributed by atoms with Crippen molar-refractivity contribution in [2.24, 2.45) is 12.8 Å². The number of fused-ring (bicyclic) bond motifs is 3. The summed E-state index contributed by atoms with van der Waals surface area (Å²) < 4.78 is 3.83. The third-order valence-corrected chi connectivity index (χ3v) is 7.38. The van der Waals surface area contributed by atoms with Crippen molar-refractivity contribution < 1.29 is 0 Å². The van der Waals surface area contributed by atoms with E-state index < -0.39 is 0 Å². The second kappa shape index (κ2) is 7.83. The number of aryl methyl sites for hydroxylation is 1. The molecule has 4 aromatic heterocycles. The van der Waals surface area contributed by atoms with Gasteiger partial charge in [0.2, 0.25) is 0 Å². The van der Waals surface area contributed by atoms with Crippen LogP contribution in [-0.2, 0) is 12.6 Å². The van der Waals surface area contributed by atoms with Crippen molar-refractivity contribution in [2.75, 3.05) is 0 Å². The minimum absolute atomic E-state index is 0.180. The zero-order valence-electron chi connectivity index (χ0n) is 20.0. The van der Waals surface area contributed by atoms with Gasteiger partial charge >= 0.3 is 0 Å². The first kappa shape index (κ1) is 21.0. The zero-order chi connectivity index (χ0) is 24.3. The van der Waals surface area contributed by atoms with Gasteiger partial charge in [-0.05, 0) is 48.6 Å². The Bertz CT molecular complexity index is 1730. The fourth-order valence-corrected chi connectivity index (χ4v) is 5.20. The standard InChI is InChI=1S/C29H25N7/c1-35-18-21(17-31-35)28-34-33-26-13-12-24-25(36(26)28)16-23(19-6-3-2-4-7-19)27(32-24)20-8-10-22(11-9-20)29(30)14-5-15-29/h2-4,6-13,16-18H,5,14-15,30H2,1H3. The molecule has 0 saturated heterocycles. The lowest BCUT2D eigenvalue weighted by Crippen LogP contribution is -2.43. The maximum Gasteiger partial charge on any atom is 0.172 e. The number of nitrogens with two attached hydrogens (primary N) is 1. The summed E-state index contributed by atoms with van der Waals surface area (Å²) in [7, 11) is 1.90. The molecular formula is C29H25N7. The van der Waals surface area contributed by atoms with Gasteiger partial charge in [-0.1, -0.05) is 54.6 Å². The maximum absolute atomic E-state index is 6.58. The van der Waals surface area contributed by atoms with E-state index in [4.69, 9.17) is 10.7 Å². The molecule has 1 saturated carbocycles. The third kappa shape index (κ3) is 3.24. The molecule has 7 rings (SSSR count). The van der Waals surface area contributed by atoms with Crippen LogP contribution in [0.5, 0.6) is 0 Å². The molecule has 7 nitrogen and oxygen atoms in total. The number of aromatic nitrogens is 6. The van der Waals surface area contributed by atoms with Gasteiger partial charge < -0.3 is 5.73 Å². The highest BCUT2D eigenvalue weighted by Crippen LogP contribution is 2.40. The molecule has 0 aliphatic heterocycles. The minimum Gasteiger partial charge on any atom is -0.321 e. The van der Waals surface area contributed by atoms with Crippen molar-refractivity contribution in [3.63, 3.8) is 0 Å². The van der Waals surface area contributed by atoms with Crippen LogP contribution in [0.1, 0.15) is 24.8 Å². The molecule has 2 N–H and O–H groups in total. The monoisotopic (exact) mass is 471 g/mol. The van der Waals surface area contributed by atoms with Crippen molar-refractivity contribution >= 4 is 16.7 Å². The lowest BCUT2D eigenvalue weighted by Gasteiger charge is -2.38. The van der Waals surface area contributed by atoms with Crippen LogP contribution < -0.4 is 5.73 Å². The van der Waals surface area contributed by atoms with Crippen LogP contribution in [0.4, 0.5) is 0 Å². The smallest absolute Gasteiger partial charge is 0.172 e. The molecule has 6 aromatic rings. The number of rotatable bonds is 4. The number of hydrogen-bond donors (Lipinski definition) is 1. The first-order valence-electron chi connectivity index (χ1n) is 12.2. The molecule has 1 fully saturated rings. The van der Waals surface area contributed by atoms with E-state index in [9.17, 15) is 0 Å². The van der Waals surface area contributed by atoms with E-state index in [-0.39, 0.29) is 5.54 Å². The van der Waals surface area contributed by atoms with Crippen LogP contribution in [0, 0.1) is 0 Å².